The molecular weight excluding hydrogens is 270 g/mol. The number of amides is 1. The lowest BCUT2D eigenvalue weighted by atomic mass is 10.2. The second-order valence-corrected chi connectivity index (χ2v) is 4.73. The Hall–Kier alpha value is -1.20. The number of carbonyl (C=O) groups excluding carboxylic acids is 1. The standard InChI is InChI=1S/C12H15N3OS.ClH/c1-9-4-2-3-5-10(9)15-11(16)8-17-12-13-6-7-14-12;/h2-5H,6-8H2,1H3,(H,13,14)(H,15,16);1H. The van der Waals surface area contributed by atoms with Crippen LogP contribution in [-0.2, 0) is 4.79 Å². The minimum absolute atomic E-state index is 0. The molecule has 0 aromatic heterocycles. The number of aliphatic imine (C=N–C) groups is 1. The highest BCUT2D eigenvalue weighted by molar-refractivity contribution is 8.14. The summed E-state index contributed by atoms with van der Waals surface area (Å²) in [4.78, 5) is 15.9. The third kappa shape index (κ3) is 4.23. The second kappa shape index (κ2) is 7.28. The lowest BCUT2D eigenvalue weighted by molar-refractivity contribution is -0.113. The van der Waals surface area contributed by atoms with Crippen LogP contribution in [0.3, 0.4) is 0 Å². The van der Waals surface area contributed by atoms with Crippen molar-refractivity contribution in [2.24, 2.45) is 4.99 Å². The van der Waals surface area contributed by atoms with Gasteiger partial charge in [0.15, 0.2) is 5.17 Å². The SMILES string of the molecule is Cc1ccccc1NC(=O)CSC1=NCCN1.Cl. The molecule has 0 atom stereocenters. The highest BCUT2D eigenvalue weighted by Crippen LogP contribution is 2.14. The van der Waals surface area contributed by atoms with E-state index in [1.807, 2.05) is 31.2 Å². The number of nitrogens with one attached hydrogen (secondary N) is 2. The van der Waals surface area contributed by atoms with Crippen LogP contribution < -0.4 is 10.6 Å². The Morgan fingerprint density at radius 3 is 2.94 bits per heavy atom. The number of carbonyl (C=O) groups is 1. The number of hydrogen-bond acceptors (Lipinski definition) is 4. The number of aryl methyl sites for hydroxylation is 1. The van der Waals surface area contributed by atoms with Crippen molar-refractivity contribution in [2.45, 2.75) is 6.92 Å². The fourth-order valence-corrected chi connectivity index (χ4v) is 2.23. The van der Waals surface area contributed by atoms with Gasteiger partial charge in [-0.05, 0) is 18.6 Å². The highest BCUT2D eigenvalue weighted by atomic mass is 35.5. The van der Waals surface area contributed by atoms with Crippen molar-refractivity contribution in [1.29, 1.82) is 0 Å². The molecule has 0 saturated carbocycles. The summed E-state index contributed by atoms with van der Waals surface area (Å²) >= 11 is 1.44. The summed E-state index contributed by atoms with van der Waals surface area (Å²) in [5.74, 6) is 0.390. The van der Waals surface area contributed by atoms with Crippen LogP contribution >= 0.6 is 24.2 Å². The highest BCUT2D eigenvalue weighted by Gasteiger charge is 2.09. The fourth-order valence-electron chi connectivity index (χ4n) is 1.51. The molecule has 0 aliphatic carbocycles. The molecule has 18 heavy (non-hydrogen) atoms. The number of rotatable bonds is 3. The van der Waals surface area contributed by atoms with Gasteiger partial charge in [-0.25, -0.2) is 0 Å². The van der Waals surface area contributed by atoms with Gasteiger partial charge in [-0.2, -0.15) is 0 Å². The van der Waals surface area contributed by atoms with Gasteiger partial charge < -0.3 is 10.6 Å². The van der Waals surface area contributed by atoms with Crippen LogP contribution in [0, 0.1) is 6.92 Å². The minimum Gasteiger partial charge on any atom is -0.363 e. The molecule has 1 aromatic rings. The number of amidine groups is 1. The molecule has 0 unspecified atom stereocenters. The predicted molar refractivity (Wildman–Crippen MR) is 79.8 cm³/mol. The van der Waals surface area contributed by atoms with E-state index >= 15 is 0 Å². The molecule has 0 saturated heterocycles. The molecule has 0 fully saturated rings. The van der Waals surface area contributed by atoms with Crippen LogP contribution in [0.1, 0.15) is 5.56 Å². The van der Waals surface area contributed by atoms with Gasteiger partial charge in [0, 0.05) is 12.2 Å². The molecule has 1 aliphatic heterocycles. The number of halogens is 1. The maximum atomic E-state index is 11.7. The Balaban J connectivity index is 0.00000162. The lowest BCUT2D eigenvalue weighted by Crippen LogP contribution is -2.20. The zero-order valence-corrected chi connectivity index (χ0v) is 11.7. The molecule has 2 N–H and O–H groups in total. The minimum atomic E-state index is 0. The fraction of sp³-hybridized carbons (Fsp3) is 0.333. The Labute approximate surface area is 117 Å². The molecule has 1 aromatic carbocycles. The first kappa shape index (κ1) is 14.9. The molecule has 98 valence electrons. The molecule has 1 amide bonds. The van der Waals surface area contributed by atoms with Crippen molar-refractivity contribution in [1.82, 2.24) is 5.32 Å². The third-order valence-electron chi connectivity index (χ3n) is 2.40. The van der Waals surface area contributed by atoms with E-state index in [0.717, 1.165) is 29.5 Å². The number of hydrogen-bond donors (Lipinski definition) is 2. The summed E-state index contributed by atoms with van der Waals surface area (Å²) in [6.45, 7) is 3.66. The van der Waals surface area contributed by atoms with Crippen LogP contribution in [-0.4, -0.2) is 29.9 Å². The Kier molecular flexibility index (Phi) is 6.01. The first-order chi connectivity index (χ1) is 8.25. The van der Waals surface area contributed by atoms with E-state index in [4.69, 9.17) is 0 Å². The van der Waals surface area contributed by atoms with Gasteiger partial charge in [-0.1, -0.05) is 30.0 Å². The number of benzene rings is 1. The normalized spacial score (nSPS) is 13.3. The van der Waals surface area contributed by atoms with E-state index in [1.165, 1.54) is 11.8 Å². The quantitative estimate of drug-likeness (QED) is 0.894. The summed E-state index contributed by atoms with van der Waals surface area (Å²) in [6, 6.07) is 7.75. The molecule has 1 heterocycles. The van der Waals surface area contributed by atoms with Gasteiger partial charge in [-0.3, -0.25) is 9.79 Å². The average Bonchev–Trinajstić information content (AvgIpc) is 2.82. The smallest absolute Gasteiger partial charge is 0.234 e. The van der Waals surface area contributed by atoms with Crippen molar-refractivity contribution < 1.29 is 4.79 Å². The summed E-state index contributed by atoms with van der Waals surface area (Å²) in [6.07, 6.45) is 0. The summed E-state index contributed by atoms with van der Waals surface area (Å²) in [5, 5.41) is 6.88. The number of nitrogens with zero attached hydrogens (tertiary/aromatic N) is 1. The Morgan fingerprint density at radius 2 is 2.28 bits per heavy atom. The van der Waals surface area contributed by atoms with Crippen LogP contribution in [0.2, 0.25) is 0 Å². The molecule has 0 spiro atoms. The van der Waals surface area contributed by atoms with Gasteiger partial charge in [0.2, 0.25) is 5.91 Å². The number of thioether (sulfide) groups is 1. The maximum Gasteiger partial charge on any atom is 0.234 e. The molecule has 0 radical (unpaired) electrons. The van der Waals surface area contributed by atoms with Gasteiger partial charge in [0.05, 0.1) is 12.3 Å². The molecule has 4 nitrogen and oxygen atoms in total. The van der Waals surface area contributed by atoms with Crippen LogP contribution in [0.4, 0.5) is 5.69 Å². The average molecular weight is 286 g/mol. The zero-order chi connectivity index (χ0) is 12.1. The molecular formula is C12H16ClN3OS. The number of anilines is 1. The summed E-state index contributed by atoms with van der Waals surface area (Å²) in [5.41, 5.74) is 1.95. The molecule has 1 aliphatic rings. The van der Waals surface area contributed by atoms with E-state index in [0.29, 0.717) is 5.75 Å². The molecule has 0 bridgehead atoms. The van der Waals surface area contributed by atoms with Crippen molar-refractivity contribution in [3.05, 3.63) is 29.8 Å². The van der Waals surface area contributed by atoms with E-state index in [9.17, 15) is 4.79 Å². The van der Waals surface area contributed by atoms with E-state index < -0.39 is 0 Å². The predicted octanol–water partition coefficient (Wildman–Crippen LogP) is 2.05. The van der Waals surface area contributed by atoms with E-state index in [1.54, 1.807) is 0 Å². The maximum absolute atomic E-state index is 11.7. The van der Waals surface area contributed by atoms with Crippen molar-refractivity contribution >= 4 is 40.9 Å². The van der Waals surface area contributed by atoms with Crippen molar-refractivity contribution in [3.63, 3.8) is 0 Å². The zero-order valence-electron chi connectivity index (χ0n) is 10.1. The topological polar surface area (TPSA) is 53.5 Å². The molecule has 6 heteroatoms. The third-order valence-corrected chi connectivity index (χ3v) is 3.36. The van der Waals surface area contributed by atoms with Crippen LogP contribution in [0.25, 0.3) is 0 Å². The second-order valence-electron chi connectivity index (χ2n) is 3.77. The largest absolute Gasteiger partial charge is 0.363 e. The first-order valence-electron chi connectivity index (χ1n) is 5.52. The first-order valence-corrected chi connectivity index (χ1v) is 6.51. The van der Waals surface area contributed by atoms with Crippen molar-refractivity contribution in [3.8, 4) is 0 Å². The van der Waals surface area contributed by atoms with Gasteiger partial charge in [0.1, 0.15) is 0 Å². The monoisotopic (exact) mass is 285 g/mol. The Bertz CT molecular complexity index is 451. The molecule has 2 rings (SSSR count). The van der Waals surface area contributed by atoms with Crippen molar-refractivity contribution in [2.75, 3.05) is 24.2 Å². The van der Waals surface area contributed by atoms with E-state index in [2.05, 4.69) is 15.6 Å². The number of para-hydroxylation sites is 1. The van der Waals surface area contributed by atoms with E-state index in [-0.39, 0.29) is 18.3 Å². The van der Waals surface area contributed by atoms with Gasteiger partial charge in [0.25, 0.3) is 0 Å². The Morgan fingerprint density at radius 1 is 1.50 bits per heavy atom. The van der Waals surface area contributed by atoms with Gasteiger partial charge in [-0.15, -0.1) is 12.4 Å². The van der Waals surface area contributed by atoms with Gasteiger partial charge >= 0.3 is 0 Å². The lowest BCUT2D eigenvalue weighted by Gasteiger charge is -2.07. The van der Waals surface area contributed by atoms with Crippen LogP contribution in [0.15, 0.2) is 29.3 Å². The van der Waals surface area contributed by atoms with Crippen LogP contribution in [0.5, 0.6) is 0 Å². The summed E-state index contributed by atoms with van der Waals surface area (Å²) in [7, 11) is 0. The summed E-state index contributed by atoms with van der Waals surface area (Å²) < 4.78 is 0.